The molecule has 5 heterocycles. The van der Waals surface area contributed by atoms with Crippen LogP contribution in [0, 0.1) is 5.82 Å². The number of pyridine rings is 1. The first-order chi connectivity index (χ1) is 25.9. The molecular weight excluding hydrogens is 744 g/mol. The lowest BCUT2D eigenvalue weighted by Gasteiger charge is -2.40. The average molecular weight is 778 g/mol. The first-order valence-corrected chi connectivity index (χ1v) is 19.1. The molecule has 13 nitrogen and oxygen atoms in total. The van der Waals surface area contributed by atoms with Crippen LogP contribution >= 0.6 is 11.6 Å². The summed E-state index contributed by atoms with van der Waals surface area (Å²) in [4.78, 5) is 43.7. The molecular formula is C37H34ClF2N7O6S. The molecule has 3 fully saturated rings. The summed E-state index contributed by atoms with van der Waals surface area (Å²) >= 11 is 6.60. The third kappa shape index (κ3) is 6.62. The van der Waals surface area contributed by atoms with Crippen LogP contribution in [-0.4, -0.2) is 108 Å². The number of hydrogen-bond acceptors (Lipinski definition) is 10. The highest BCUT2D eigenvalue weighted by atomic mass is 35.5. The number of amides is 2. The molecule has 3 aliphatic rings. The van der Waals surface area contributed by atoms with E-state index >= 15 is 4.39 Å². The number of rotatable bonds is 8. The molecule has 0 unspecified atom stereocenters. The highest BCUT2D eigenvalue weighted by Gasteiger charge is 2.43. The maximum atomic E-state index is 16.8. The van der Waals surface area contributed by atoms with Gasteiger partial charge in [0.25, 0.3) is 5.91 Å². The van der Waals surface area contributed by atoms with Crippen LogP contribution in [0.4, 0.5) is 18.9 Å². The largest absolute Gasteiger partial charge is 0.465 e. The van der Waals surface area contributed by atoms with Gasteiger partial charge in [-0.25, -0.2) is 9.18 Å². The molecule has 3 saturated heterocycles. The zero-order valence-electron chi connectivity index (χ0n) is 28.8. The van der Waals surface area contributed by atoms with Gasteiger partial charge in [0, 0.05) is 59.5 Å². The first kappa shape index (κ1) is 35.8. The minimum absolute atomic E-state index is 0.00690. The Balaban J connectivity index is 1.09. The standard InChI is InChI=1S/C37H34ClF2N7O6S/c1-45-16-22(42-35(48)21-7-2-8-26(13-21)54(40,51)52)14-25(45)19-53-36-43-33-28(34(44-36)46-17-23-11-12-24(18-46)47(23)37(49)50)15-41-32(31(33)39)27-9-3-5-20-6-4-10-29(38)30(20)27/h2-10,13,15,22-25H,11-12,14,16-19H2,1H3,(H,42,48)(H,49,50)/t22-,23-,24+,25+/m1/s1. The molecule has 0 radical (unpaired) electrons. The molecule has 2 bridgehead atoms. The second-order valence-electron chi connectivity index (χ2n) is 13.9. The second kappa shape index (κ2) is 13.9. The zero-order valence-corrected chi connectivity index (χ0v) is 30.4. The number of carbonyl (C=O) groups is 2. The van der Waals surface area contributed by atoms with Gasteiger partial charge in [0.15, 0.2) is 5.82 Å². The number of ether oxygens (including phenoxy) is 1. The summed E-state index contributed by atoms with van der Waals surface area (Å²) in [6, 6.07) is 14.5. The Morgan fingerprint density at radius 2 is 1.76 bits per heavy atom. The number of hydrogen-bond donors (Lipinski definition) is 2. The lowest BCUT2D eigenvalue weighted by atomic mass is 10.0. The van der Waals surface area contributed by atoms with Crippen LogP contribution in [-0.2, 0) is 10.2 Å². The number of fused-ring (bicyclic) bond motifs is 4. The molecule has 2 aromatic heterocycles. The van der Waals surface area contributed by atoms with E-state index < -0.39 is 32.9 Å². The van der Waals surface area contributed by atoms with E-state index in [0.717, 1.165) is 17.5 Å². The molecule has 17 heteroatoms. The number of likely N-dealkylation sites (N-methyl/N-ethyl adjacent to an activating group) is 1. The van der Waals surface area contributed by atoms with E-state index in [-0.39, 0.29) is 53.6 Å². The van der Waals surface area contributed by atoms with Gasteiger partial charge in [-0.1, -0.05) is 48.0 Å². The number of benzene rings is 3. The van der Waals surface area contributed by atoms with Crippen LogP contribution in [0.5, 0.6) is 6.01 Å². The monoisotopic (exact) mass is 777 g/mol. The van der Waals surface area contributed by atoms with Crippen molar-refractivity contribution in [2.75, 3.05) is 38.2 Å². The van der Waals surface area contributed by atoms with Gasteiger partial charge in [0.1, 0.15) is 23.6 Å². The number of nitrogens with one attached hydrogen (secondary N) is 1. The quantitative estimate of drug-likeness (QED) is 0.192. The summed E-state index contributed by atoms with van der Waals surface area (Å²) in [7, 11) is -3.12. The average Bonchev–Trinajstić information content (AvgIpc) is 3.64. The van der Waals surface area contributed by atoms with Crippen molar-refractivity contribution >= 4 is 61.3 Å². The number of carbonyl (C=O) groups excluding carboxylic acids is 1. The summed E-state index contributed by atoms with van der Waals surface area (Å²) in [5.74, 6) is -0.855. The maximum absolute atomic E-state index is 16.8. The molecule has 4 atom stereocenters. The van der Waals surface area contributed by atoms with Gasteiger partial charge in [-0.05, 0) is 56.0 Å². The molecule has 0 aliphatic carbocycles. The SMILES string of the molecule is CN1C[C@H](NC(=O)c2cccc(S(=O)(=O)F)c2)C[C@H]1COc1nc(N2C[C@H]3CC[C@@H](C2)N3C(=O)O)c2cnc(-c3cccc4cccc(Cl)c34)c(F)c2n1. The van der Waals surface area contributed by atoms with Gasteiger partial charge in [-0.3, -0.25) is 19.6 Å². The Morgan fingerprint density at radius 1 is 1.04 bits per heavy atom. The van der Waals surface area contributed by atoms with Gasteiger partial charge < -0.3 is 20.1 Å². The predicted octanol–water partition coefficient (Wildman–Crippen LogP) is 5.51. The van der Waals surface area contributed by atoms with E-state index in [4.69, 9.17) is 21.3 Å². The van der Waals surface area contributed by atoms with Crippen LogP contribution in [0.3, 0.4) is 0 Å². The summed E-state index contributed by atoms with van der Waals surface area (Å²) < 4.78 is 59.3. The third-order valence-electron chi connectivity index (χ3n) is 10.6. The molecule has 2 amide bonds. The topological polar surface area (TPSA) is 158 Å². The Bertz CT molecular complexity index is 2420. The zero-order chi connectivity index (χ0) is 37.9. The van der Waals surface area contributed by atoms with Crippen LogP contribution in [0.2, 0.25) is 5.02 Å². The summed E-state index contributed by atoms with van der Waals surface area (Å²) in [5.41, 5.74) is 0.537. The van der Waals surface area contributed by atoms with Crippen molar-refractivity contribution in [3.05, 3.63) is 83.3 Å². The fraction of sp³-hybridized carbons (Fsp3) is 0.324. The van der Waals surface area contributed by atoms with Crippen LogP contribution in [0.15, 0.2) is 71.8 Å². The molecule has 280 valence electrons. The minimum Gasteiger partial charge on any atom is -0.465 e. The number of anilines is 1. The molecule has 3 aromatic carbocycles. The molecule has 5 aromatic rings. The van der Waals surface area contributed by atoms with Gasteiger partial charge in [0.05, 0.1) is 22.4 Å². The van der Waals surface area contributed by atoms with E-state index in [1.807, 2.05) is 35.0 Å². The summed E-state index contributed by atoms with van der Waals surface area (Å²) in [5, 5.41) is 15.0. The van der Waals surface area contributed by atoms with Gasteiger partial charge in [-0.2, -0.15) is 18.4 Å². The molecule has 0 saturated carbocycles. The number of likely N-dealkylation sites (tertiary alicyclic amines) is 1. The summed E-state index contributed by atoms with van der Waals surface area (Å²) in [6.45, 7) is 1.23. The van der Waals surface area contributed by atoms with Crippen LogP contribution in [0.1, 0.15) is 29.6 Å². The maximum Gasteiger partial charge on any atom is 0.407 e. The van der Waals surface area contributed by atoms with E-state index in [1.54, 1.807) is 18.2 Å². The van der Waals surface area contributed by atoms with Crippen LogP contribution in [0.25, 0.3) is 32.9 Å². The first-order valence-electron chi connectivity index (χ1n) is 17.3. The Hall–Kier alpha value is -5.19. The van der Waals surface area contributed by atoms with E-state index in [1.165, 1.54) is 23.2 Å². The Labute approximate surface area is 313 Å². The normalized spacial score (nSPS) is 21.6. The number of nitrogens with zero attached hydrogens (tertiary/aromatic N) is 6. The lowest BCUT2D eigenvalue weighted by molar-refractivity contribution is 0.0937. The van der Waals surface area contributed by atoms with Gasteiger partial charge in [0.2, 0.25) is 0 Å². The number of halogens is 3. The summed E-state index contributed by atoms with van der Waals surface area (Å²) in [6.07, 6.45) is 2.41. The fourth-order valence-electron chi connectivity index (χ4n) is 8.00. The lowest BCUT2D eigenvalue weighted by Crippen LogP contribution is -2.55. The van der Waals surface area contributed by atoms with Crippen molar-refractivity contribution in [1.29, 1.82) is 0 Å². The van der Waals surface area contributed by atoms with Crippen molar-refractivity contribution in [2.45, 2.75) is 48.3 Å². The van der Waals surface area contributed by atoms with Crippen molar-refractivity contribution in [2.24, 2.45) is 0 Å². The van der Waals surface area contributed by atoms with E-state index in [9.17, 15) is 27.0 Å². The Morgan fingerprint density at radius 3 is 2.48 bits per heavy atom. The molecule has 0 spiro atoms. The Kier molecular flexibility index (Phi) is 9.22. The van der Waals surface area contributed by atoms with Gasteiger partial charge >= 0.3 is 22.3 Å². The smallest absolute Gasteiger partial charge is 0.407 e. The predicted molar refractivity (Wildman–Crippen MR) is 197 cm³/mol. The van der Waals surface area contributed by atoms with Crippen molar-refractivity contribution in [1.82, 2.24) is 30.1 Å². The number of aromatic nitrogens is 3. The number of carboxylic acid groups (broad SMARTS) is 1. The van der Waals surface area contributed by atoms with E-state index in [0.29, 0.717) is 66.1 Å². The number of piperazine rings is 1. The van der Waals surface area contributed by atoms with Crippen LogP contribution < -0.4 is 15.0 Å². The molecule has 54 heavy (non-hydrogen) atoms. The molecule has 2 N–H and O–H groups in total. The highest BCUT2D eigenvalue weighted by molar-refractivity contribution is 7.86. The van der Waals surface area contributed by atoms with Gasteiger partial charge in [-0.15, -0.1) is 3.89 Å². The second-order valence-corrected chi connectivity index (χ2v) is 15.7. The molecule has 3 aliphatic heterocycles. The minimum atomic E-state index is -4.98. The van der Waals surface area contributed by atoms with Crippen molar-refractivity contribution in [3.63, 3.8) is 0 Å². The van der Waals surface area contributed by atoms with Crippen molar-refractivity contribution < 1.29 is 36.1 Å². The van der Waals surface area contributed by atoms with Crippen molar-refractivity contribution in [3.8, 4) is 17.3 Å². The van der Waals surface area contributed by atoms with E-state index in [2.05, 4.69) is 15.3 Å². The molecule has 8 rings (SSSR count). The fourth-order valence-corrected chi connectivity index (χ4v) is 8.80. The highest BCUT2D eigenvalue weighted by Crippen LogP contribution is 2.39. The third-order valence-corrected chi connectivity index (χ3v) is 11.7.